The number of nitrogens with one attached hydrogen (secondary N) is 2. The van der Waals surface area contributed by atoms with Gasteiger partial charge in [-0.15, -0.1) is 6.58 Å². The van der Waals surface area contributed by atoms with Crippen LogP contribution in [0.3, 0.4) is 0 Å². The predicted octanol–water partition coefficient (Wildman–Crippen LogP) is 4.13. The Kier molecular flexibility index (Phi) is 6.40. The summed E-state index contributed by atoms with van der Waals surface area (Å²) in [6.45, 7) is 5.42. The third-order valence-corrected chi connectivity index (χ3v) is 6.11. The van der Waals surface area contributed by atoms with Gasteiger partial charge in [-0.2, -0.15) is 0 Å². The lowest BCUT2D eigenvalue weighted by atomic mass is 10.2. The van der Waals surface area contributed by atoms with Crippen LogP contribution in [0.15, 0.2) is 58.4 Å². The number of aryl methyl sites for hydroxylation is 1. The second-order valence-electron chi connectivity index (χ2n) is 5.20. The molecule has 1 amide bonds. The Bertz CT molecular complexity index is 929. The lowest BCUT2D eigenvalue weighted by Crippen LogP contribution is -2.24. The number of hydrogen-bond donors (Lipinski definition) is 2. The predicted molar refractivity (Wildman–Crippen MR) is 104 cm³/mol. The van der Waals surface area contributed by atoms with Crippen molar-refractivity contribution < 1.29 is 13.2 Å². The molecule has 2 aromatic rings. The van der Waals surface area contributed by atoms with Gasteiger partial charge in [-0.3, -0.25) is 4.79 Å². The highest BCUT2D eigenvalue weighted by atomic mass is 79.9. The van der Waals surface area contributed by atoms with Gasteiger partial charge >= 0.3 is 0 Å². The fourth-order valence-electron chi connectivity index (χ4n) is 2.02. The number of amides is 1. The van der Waals surface area contributed by atoms with Crippen molar-refractivity contribution in [2.45, 2.75) is 11.8 Å². The number of carbonyl (C=O) groups is 1. The standard InChI is InChI=1S/C17H16BrClN2O3S/c1-3-8-20-25(23,24)16-10-12(4-7-15(16)19)17(22)21-13-5-6-14(18)11(2)9-13/h3-7,9-10,20H,1,8H2,2H3,(H,21,22). The van der Waals surface area contributed by atoms with E-state index in [-0.39, 0.29) is 22.0 Å². The first kappa shape index (κ1) is 19.7. The first-order chi connectivity index (χ1) is 11.7. The maximum absolute atomic E-state index is 12.4. The number of benzene rings is 2. The van der Waals surface area contributed by atoms with Crippen LogP contribution in [0.5, 0.6) is 0 Å². The van der Waals surface area contributed by atoms with Gasteiger partial charge in [0.1, 0.15) is 4.90 Å². The molecule has 2 N–H and O–H groups in total. The molecular formula is C17H16BrClN2O3S. The topological polar surface area (TPSA) is 75.3 Å². The molecule has 0 aliphatic rings. The molecule has 25 heavy (non-hydrogen) atoms. The first-order valence-corrected chi connectivity index (χ1v) is 9.87. The van der Waals surface area contributed by atoms with Gasteiger partial charge in [-0.25, -0.2) is 13.1 Å². The van der Waals surface area contributed by atoms with E-state index in [4.69, 9.17) is 11.6 Å². The van der Waals surface area contributed by atoms with Crippen molar-refractivity contribution in [3.63, 3.8) is 0 Å². The molecule has 0 heterocycles. The smallest absolute Gasteiger partial charge is 0.255 e. The molecular weight excluding hydrogens is 428 g/mol. The molecule has 0 aliphatic heterocycles. The van der Waals surface area contributed by atoms with Crippen LogP contribution in [0.1, 0.15) is 15.9 Å². The molecule has 0 aromatic heterocycles. The number of rotatable bonds is 6. The minimum atomic E-state index is -3.83. The molecule has 0 bridgehead atoms. The average Bonchev–Trinajstić information content (AvgIpc) is 2.56. The van der Waals surface area contributed by atoms with E-state index in [0.717, 1.165) is 10.0 Å². The van der Waals surface area contributed by atoms with Gasteiger partial charge < -0.3 is 5.32 Å². The minimum Gasteiger partial charge on any atom is -0.322 e. The zero-order valence-corrected chi connectivity index (χ0v) is 16.5. The molecule has 0 saturated carbocycles. The summed E-state index contributed by atoms with van der Waals surface area (Å²) in [4.78, 5) is 12.3. The van der Waals surface area contributed by atoms with E-state index < -0.39 is 15.9 Å². The van der Waals surface area contributed by atoms with E-state index in [1.807, 2.05) is 13.0 Å². The normalized spacial score (nSPS) is 11.2. The third-order valence-electron chi connectivity index (χ3n) is 3.32. The van der Waals surface area contributed by atoms with E-state index in [1.54, 1.807) is 12.1 Å². The van der Waals surface area contributed by atoms with E-state index in [2.05, 4.69) is 32.5 Å². The first-order valence-electron chi connectivity index (χ1n) is 7.22. The van der Waals surface area contributed by atoms with Crippen LogP contribution in [-0.2, 0) is 10.0 Å². The molecule has 5 nitrogen and oxygen atoms in total. The Balaban J connectivity index is 2.30. The maximum Gasteiger partial charge on any atom is 0.255 e. The van der Waals surface area contributed by atoms with E-state index in [1.165, 1.54) is 24.3 Å². The SMILES string of the molecule is C=CCNS(=O)(=O)c1cc(C(=O)Nc2ccc(Br)c(C)c2)ccc1Cl. The van der Waals surface area contributed by atoms with E-state index >= 15 is 0 Å². The number of carbonyl (C=O) groups excluding carboxylic acids is 1. The van der Waals surface area contributed by atoms with E-state index in [9.17, 15) is 13.2 Å². The Morgan fingerprint density at radius 2 is 2.00 bits per heavy atom. The van der Waals surface area contributed by atoms with Gasteiger partial charge in [-0.05, 0) is 48.9 Å². The lowest BCUT2D eigenvalue weighted by Gasteiger charge is -2.10. The van der Waals surface area contributed by atoms with Crippen molar-refractivity contribution in [3.05, 3.63) is 69.7 Å². The zero-order chi connectivity index (χ0) is 18.6. The quantitative estimate of drug-likeness (QED) is 0.659. The molecule has 0 fully saturated rings. The van der Waals surface area contributed by atoms with Gasteiger partial charge in [0.05, 0.1) is 5.02 Å². The highest BCUT2D eigenvalue weighted by Crippen LogP contribution is 2.24. The number of halogens is 2. The summed E-state index contributed by atoms with van der Waals surface area (Å²) in [6, 6.07) is 9.47. The molecule has 2 aromatic carbocycles. The van der Waals surface area contributed by atoms with Crippen molar-refractivity contribution >= 4 is 49.1 Å². The second kappa shape index (κ2) is 8.14. The number of sulfonamides is 1. The summed E-state index contributed by atoms with van der Waals surface area (Å²) in [7, 11) is -3.83. The maximum atomic E-state index is 12.4. The average molecular weight is 444 g/mol. The summed E-state index contributed by atoms with van der Waals surface area (Å²) in [5.41, 5.74) is 1.75. The highest BCUT2D eigenvalue weighted by molar-refractivity contribution is 9.10. The molecule has 132 valence electrons. The van der Waals surface area contributed by atoms with Crippen molar-refractivity contribution in [1.82, 2.24) is 4.72 Å². The fourth-order valence-corrected chi connectivity index (χ4v) is 3.79. The summed E-state index contributed by atoms with van der Waals surface area (Å²) in [5.74, 6) is -0.432. The van der Waals surface area contributed by atoms with Gasteiger partial charge in [0, 0.05) is 22.3 Å². The minimum absolute atomic E-state index is 0.0348. The highest BCUT2D eigenvalue weighted by Gasteiger charge is 2.19. The van der Waals surface area contributed by atoms with Crippen molar-refractivity contribution in [2.24, 2.45) is 0 Å². The molecule has 0 radical (unpaired) electrons. The summed E-state index contributed by atoms with van der Waals surface area (Å²) < 4.78 is 27.8. The Morgan fingerprint density at radius 1 is 1.28 bits per heavy atom. The van der Waals surface area contributed by atoms with Gasteiger partial charge in [0.15, 0.2) is 0 Å². The van der Waals surface area contributed by atoms with Crippen molar-refractivity contribution in [3.8, 4) is 0 Å². The Hall–Kier alpha value is -1.67. The largest absolute Gasteiger partial charge is 0.322 e. The number of hydrogen-bond acceptors (Lipinski definition) is 3. The van der Waals surface area contributed by atoms with Crippen LogP contribution in [0.2, 0.25) is 5.02 Å². The fraction of sp³-hybridized carbons (Fsp3) is 0.118. The van der Waals surface area contributed by atoms with Gasteiger partial charge in [0.2, 0.25) is 10.0 Å². The summed E-state index contributed by atoms with van der Waals surface area (Å²) >= 11 is 9.37. The number of anilines is 1. The Morgan fingerprint density at radius 3 is 2.64 bits per heavy atom. The van der Waals surface area contributed by atoms with Crippen molar-refractivity contribution in [1.29, 1.82) is 0 Å². The van der Waals surface area contributed by atoms with Crippen molar-refractivity contribution in [2.75, 3.05) is 11.9 Å². The molecule has 0 atom stereocenters. The molecule has 2 rings (SSSR count). The van der Waals surface area contributed by atoms with Crippen LogP contribution < -0.4 is 10.0 Å². The molecule has 8 heteroatoms. The summed E-state index contributed by atoms with van der Waals surface area (Å²) in [6.07, 6.45) is 1.41. The van der Waals surface area contributed by atoms with Gasteiger partial charge in [0.25, 0.3) is 5.91 Å². The van der Waals surface area contributed by atoms with Crippen LogP contribution in [0.4, 0.5) is 5.69 Å². The monoisotopic (exact) mass is 442 g/mol. The van der Waals surface area contributed by atoms with Crippen LogP contribution in [0.25, 0.3) is 0 Å². The Labute approximate surface area is 160 Å². The zero-order valence-electron chi connectivity index (χ0n) is 13.3. The molecule has 0 saturated heterocycles. The molecule has 0 unspecified atom stereocenters. The van der Waals surface area contributed by atoms with Crippen LogP contribution >= 0.6 is 27.5 Å². The molecule has 0 aliphatic carbocycles. The van der Waals surface area contributed by atoms with Crippen LogP contribution in [0, 0.1) is 6.92 Å². The lowest BCUT2D eigenvalue weighted by molar-refractivity contribution is 0.102. The van der Waals surface area contributed by atoms with Gasteiger partial charge in [-0.1, -0.05) is 33.6 Å². The third kappa shape index (κ3) is 4.92. The second-order valence-corrected chi connectivity index (χ2v) is 8.20. The van der Waals surface area contributed by atoms with Crippen LogP contribution in [-0.4, -0.2) is 20.9 Å². The summed E-state index contributed by atoms with van der Waals surface area (Å²) in [5, 5.41) is 2.77. The molecule has 0 spiro atoms. The van der Waals surface area contributed by atoms with E-state index in [0.29, 0.717) is 5.69 Å².